The van der Waals surface area contributed by atoms with Crippen LogP contribution >= 0.6 is 35.0 Å². The highest BCUT2D eigenvalue weighted by Gasteiger charge is 2.30. The number of rotatable bonds is 7. The van der Waals surface area contributed by atoms with Gasteiger partial charge in [0.15, 0.2) is 0 Å². The molecule has 0 saturated heterocycles. The van der Waals surface area contributed by atoms with Gasteiger partial charge in [-0.2, -0.15) is 11.8 Å². The maximum atomic E-state index is 10.2. The van der Waals surface area contributed by atoms with Gasteiger partial charge in [0.25, 0.3) is 0 Å². The molecule has 5 atom stereocenters. The molecule has 4 N–H and O–H groups in total. The number of aliphatic hydroxyl groups is 3. The van der Waals surface area contributed by atoms with E-state index < -0.39 is 23.2 Å². The summed E-state index contributed by atoms with van der Waals surface area (Å²) in [6, 6.07) is -0.657. The molecule has 1 aliphatic rings. The van der Waals surface area contributed by atoms with Gasteiger partial charge in [0, 0.05) is 11.2 Å². The highest BCUT2D eigenvalue weighted by molar-refractivity contribution is 7.99. The van der Waals surface area contributed by atoms with Gasteiger partial charge in [-0.15, -0.1) is 23.2 Å². The standard InChI is InChI=1S/C12H21Cl2NO3S.2C2H6/c1-19-8-4-2-7(3-5-8)10(17)9(6-16)15-12(18)11(13)14;2*1-2/h2,4,7-12,15-18H,3,5-6H2,1H3;2*1-2H3. The van der Waals surface area contributed by atoms with Gasteiger partial charge in [0.1, 0.15) is 11.1 Å². The van der Waals surface area contributed by atoms with Crippen molar-refractivity contribution in [1.82, 2.24) is 5.32 Å². The van der Waals surface area contributed by atoms with E-state index in [1.165, 1.54) is 0 Å². The fraction of sp³-hybridized carbons (Fsp3) is 0.875. The monoisotopic (exact) mass is 389 g/mol. The van der Waals surface area contributed by atoms with E-state index in [1.54, 1.807) is 11.8 Å². The minimum atomic E-state index is -1.18. The molecule has 0 aliphatic heterocycles. The first-order valence-electron chi connectivity index (χ1n) is 8.22. The molecule has 0 fully saturated rings. The smallest absolute Gasteiger partial charge is 0.146 e. The third-order valence-corrected chi connectivity index (χ3v) is 4.81. The molecule has 0 radical (unpaired) electrons. The van der Waals surface area contributed by atoms with Crippen molar-refractivity contribution < 1.29 is 15.3 Å². The van der Waals surface area contributed by atoms with Crippen LogP contribution in [0.5, 0.6) is 0 Å². The van der Waals surface area contributed by atoms with Gasteiger partial charge >= 0.3 is 0 Å². The first-order chi connectivity index (χ1) is 11.0. The van der Waals surface area contributed by atoms with Crippen molar-refractivity contribution in [3.05, 3.63) is 12.2 Å². The third-order valence-electron chi connectivity index (χ3n) is 3.33. The fourth-order valence-corrected chi connectivity index (χ4v) is 2.91. The summed E-state index contributed by atoms with van der Waals surface area (Å²) in [5, 5.41) is 32.2. The summed E-state index contributed by atoms with van der Waals surface area (Å²) in [6.07, 6.45) is 5.99. The number of alkyl halides is 2. The Morgan fingerprint density at radius 2 is 1.70 bits per heavy atom. The molecule has 1 aliphatic carbocycles. The second-order valence-corrected chi connectivity index (χ2v) is 6.87. The van der Waals surface area contributed by atoms with Crippen molar-refractivity contribution >= 4 is 35.0 Å². The molecule has 1 rings (SSSR count). The van der Waals surface area contributed by atoms with E-state index >= 15 is 0 Å². The van der Waals surface area contributed by atoms with Crippen LogP contribution in [0.3, 0.4) is 0 Å². The first kappa shape index (κ1) is 25.7. The van der Waals surface area contributed by atoms with Crippen LogP contribution in [0, 0.1) is 5.92 Å². The van der Waals surface area contributed by atoms with Crippen molar-refractivity contribution in [2.45, 2.75) is 69.0 Å². The normalized spacial score (nSPS) is 24.0. The van der Waals surface area contributed by atoms with Gasteiger partial charge in [-0.1, -0.05) is 39.8 Å². The van der Waals surface area contributed by atoms with Crippen LogP contribution in [0.15, 0.2) is 12.2 Å². The summed E-state index contributed by atoms with van der Waals surface area (Å²) in [4.78, 5) is -1.01. The Morgan fingerprint density at radius 3 is 2.04 bits per heavy atom. The molecule has 4 nitrogen and oxygen atoms in total. The molecular formula is C16H33Cl2NO3S. The van der Waals surface area contributed by atoms with Crippen LogP contribution in [-0.4, -0.2) is 56.6 Å². The van der Waals surface area contributed by atoms with Crippen molar-refractivity contribution in [2.75, 3.05) is 12.9 Å². The van der Waals surface area contributed by atoms with E-state index in [-0.39, 0.29) is 12.5 Å². The highest BCUT2D eigenvalue weighted by Crippen LogP contribution is 2.28. The SMILES string of the molecule is CC.CC.CSC1C=CC(C(O)C(CO)NC(O)C(Cl)Cl)CC1. The van der Waals surface area contributed by atoms with Crippen molar-refractivity contribution in [3.8, 4) is 0 Å². The quantitative estimate of drug-likeness (QED) is 0.305. The van der Waals surface area contributed by atoms with Gasteiger partial charge in [-0.3, -0.25) is 5.32 Å². The van der Waals surface area contributed by atoms with E-state index in [0.29, 0.717) is 5.25 Å². The van der Waals surface area contributed by atoms with E-state index in [9.17, 15) is 15.3 Å². The Morgan fingerprint density at radius 1 is 1.13 bits per heavy atom. The average molecular weight is 390 g/mol. The lowest BCUT2D eigenvalue weighted by Gasteiger charge is -2.32. The van der Waals surface area contributed by atoms with E-state index in [1.807, 2.05) is 33.8 Å². The molecule has 7 heteroatoms. The zero-order valence-electron chi connectivity index (χ0n) is 14.7. The Hall–Kier alpha value is 0.510. The Balaban J connectivity index is 0. The molecule has 5 unspecified atom stereocenters. The third kappa shape index (κ3) is 10.2. The molecule has 0 spiro atoms. The lowest BCUT2D eigenvalue weighted by Crippen LogP contribution is -2.52. The van der Waals surface area contributed by atoms with Gasteiger partial charge < -0.3 is 15.3 Å². The van der Waals surface area contributed by atoms with Crippen LogP contribution in [0.4, 0.5) is 0 Å². The summed E-state index contributed by atoms with van der Waals surface area (Å²) in [5.41, 5.74) is 0. The summed E-state index contributed by atoms with van der Waals surface area (Å²) >= 11 is 12.8. The first-order valence-corrected chi connectivity index (χ1v) is 10.4. The molecule has 0 aromatic heterocycles. The molecular weight excluding hydrogens is 357 g/mol. The summed E-state index contributed by atoms with van der Waals surface area (Å²) in [5.74, 6) is -0.0376. The molecule has 0 saturated carbocycles. The van der Waals surface area contributed by atoms with Crippen molar-refractivity contribution in [3.63, 3.8) is 0 Å². The van der Waals surface area contributed by atoms with Gasteiger partial charge in [0.2, 0.25) is 0 Å². The number of hydrogen-bond donors (Lipinski definition) is 4. The topological polar surface area (TPSA) is 72.7 Å². The minimum Gasteiger partial charge on any atom is -0.395 e. The molecule has 0 heterocycles. The average Bonchev–Trinajstić information content (AvgIpc) is 2.62. The number of nitrogens with one attached hydrogen (secondary N) is 1. The van der Waals surface area contributed by atoms with E-state index in [2.05, 4.69) is 17.6 Å². The van der Waals surface area contributed by atoms with Gasteiger partial charge in [-0.05, 0) is 19.1 Å². The van der Waals surface area contributed by atoms with Crippen LogP contribution in [0.1, 0.15) is 40.5 Å². The van der Waals surface area contributed by atoms with Crippen molar-refractivity contribution in [2.24, 2.45) is 5.92 Å². The molecule has 0 amide bonds. The zero-order valence-corrected chi connectivity index (χ0v) is 17.1. The second-order valence-electron chi connectivity index (χ2n) is 4.63. The van der Waals surface area contributed by atoms with Crippen LogP contribution in [0.25, 0.3) is 0 Å². The predicted molar refractivity (Wildman–Crippen MR) is 103 cm³/mol. The number of aliphatic hydroxyl groups excluding tert-OH is 3. The minimum absolute atomic E-state index is 0.0376. The highest BCUT2D eigenvalue weighted by atomic mass is 35.5. The Kier molecular flexibility index (Phi) is 17.9. The predicted octanol–water partition coefficient (Wildman–Crippen LogP) is 3.17. The maximum absolute atomic E-state index is 10.2. The molecule has 23 heavy (non-hydrogen) atoms. The van der Waals surface area contributed by atoms with Gasteiger partial charge in [-0.25, -0.2) is 0 Å². The second kappa shape index (κ2) is 16.0. The Labute approximate surface area is 155 Å². The zero-order chi connectivity index (χ0) is 18.4. The summed E-state index contributed by atoms with van der Waals surface area (Å²) in [7, 11) is 0. The van der Waals surface area contributed by atoms with Crippen LogP contribution in [0.2, 0.25) is 0 Å². The summed E-state index contributed by atoms with van der Waals surface area (Å²) in [6.45, 7) is 7.70. The molecule has 0 aromatic carbocycles. The fourth-order valence-electron chi connectivity index (χ4n) is 2.15. The van der Waals surface area contributed by atoms with Crippen LogP contribution in [-0.2, 0) is 0 Å². The van der Waals surface area contributed by atoms with Gasteiger partial charge in [0.05, 0.1) is 18.8 Å². The van der Waals surface area contributed by atoms with E-state index in [4.69, 9.17) is 23.2 Å². The summed E-state index contributed by atoms with van der Waals surface area (Å²) < 4.78 is 0. The lowest BCUT2D eigenvalue weighted by molar-refractivity contribution is 0.0224. The number of halogens is 2. The molecule has 0 aromatic rings. The number of hydrogen-bond acceptors (Lipinski definition) is 5. The largest absolute Gasteiger partial charge is 0.395 e. The molecule has 140 valence electrons. The molecule has 0 bridgehead atoms. The maximum Gasteiger partial charge on any atom is 0.146 e. The van der Waals surface area contributed by atoms with Crippen LogP contribution < -0.4 is 5.32 Å². The van der Waals surface area contributed by atoms with Crippen molar-refractivity contribution in [1.29, 1.82) is 0 Å². The lowest BCUT2D eigenvalue weighted by atomic mass is 9.87. The Bertz CT molecular complexity index is 296. The number of thioether (sulfide) groups is 1. The van der Waals surface area contributed by atoms with E-state index in [0.717, 1.165) is 12.8 Å².